The molecule has 0 bridgehead atoms. The van der Waals surface area contributed by atoms with Crippen LogP contribution in [0.4, 0.5) is 13.2 Å². The van der Waals surface area contributed by atoms with Crippen LogP contribution in [-0.2, 0) is 12.6 Å². The fourth-order valence-electron chi connectivity index (χ4n) is 2.14. The van der Waals surface area contributed by atoms with Gasteiger partial charge in [-0.3, -0.25) is 0 Å². The van der Waals surface area contributed by atoms with E-state index in [1.54, 1.807) is 0 Å². The van der Waals surface area contributed by atoms with Gasteiger partial charge in [-0.15, -0.1) is 11.6 Å². The van der Waals surface area contributed by atoms with Crippen LogP contribution in [0.1, 0.15) is 22.6 Å². The third-order valence-electron chi connectivity index (χ3n) is 3.27. The number of alkyl halides is 4. The summed E-state index contributed by atoms with van der Waals surface area (Å²) in [5, 5.41) is 0. The second kappa shape index (κ2) is 6.84. The average Bonchev–Trinajstić information content (AvgIpc) is 2.44. The maximum Gasteiger partial charge on any atom is 0.416 e. The minimum atomic E-state index is -4.30. The zero-order valence-electron chi connectivity index (χ0n) is 11.0. The average molecular weight is 378 g/mol. The Bertz CT molecular complexity index is 593. The van der Waals surface area contributed by atoms with Crippen molar-refractivity contribution in [3.05, 3.63) is 69.7 Å². The Hall–Kier alpha value is -1.00. The highest BCUT2D eigenvalue weighted by atomic mass is 79.9. The van der Waals surface area contributed by atoms with Crippen molar-refractivity contribution in [2.24, 2.45) is 0 Å². The first kappa shape index (κ1) is 16.4. The van der Waals surface area contributed by atoms with E-state index in [0.29, 0.717) is 12.3 Å². The quantitative estimate of drug-likeness (QED) is 0.570. The zero-order valence-corrected chi connectivity index (χ0v) is 13.3. The summed E-state index contributed by atoms with van der Waals surface area (Å²) in [6.45, 7) is 0. The zero-order chi connectivity index (χ0) is 15.5. The summed E-state index contributed by atoms with van der Waals surface area (Å²) in [6.07, 6.45) is -3.69. The van der Waals surface area contributed by atoms with Crippen LogP contribution in [0.15, 0.2) is 53.0 Å². The molecule has 0 N–H and O–H groups in total. The molecule has 0 aromatic heterocycles. The highest BCUT2D eigenvalue weighted by molar-refractivity contribution is 9.10. The predicted molar refractivity (Wildman–Crippen MR) is 82.8 cm³/mol. The Morgan fingerprint density at radius 2 is 1.71 bits per heavy atom. The Morgan fingerprint density at radius 1 is 1.05 bits per heavy atom. The van der Waals surface area contributed by atoms with Crippen molar-refractivity contribution >= 4 is 27.5 Å². The normalized spacial score (nSPS) is 13.2. The first-order valence-electron chi connectivity index (χ1n) is 6.37. The summed E-state index contributed by atoms with van der Waals surface area (Å²) < 4.78 is 38.6. The van der Waals surface area contributed by atoms with Crippen molar-refractivity contribution in [2.45, 2.75) is 18.5 Å². The molecule has 0 heterocycles. The van der Waals surface area contributed by atoms with Crippen LogP contribution in [-0.4, -0.2) is 5.88 Å². The SMILES string of the molecule is FC(F)(F)c1ccc(CC(CCl)c2cccc(Br)c2)cc1. The number of rotatable bonds is 4. The molecular weight excluding hydrogens is 365 g/mol. The largest absolute Gasteiger partial charge is 0.416 e. The van der Waals surface area contributed by atoms with Crippen LogP contribution >= 0.6 is 27.5 Å². The lowest BCUT2D eigenvalue weighted by molar-refractivity contribution is -0.137. The molecule has 2 aromatic carbocycles. The van der Waals surface area contributed by atoms with E-state index in [0.717, 1.165) is 27.7 Å². The van der Waals surface area contributed by atoms with Crippen molar-refractivity contribution in [1.82, 2.24) is 0 Å². The standard InChI is InChI=1S/C16H13BrClF3/c17-15-3-1-2-12(9-15)13(10-18)8-11-4-6-14(7-5-11)16(19,20)21/h1-7,9,13H,8,10H2. The molecule has 2 rings (SSSR count). The molecule has 0 aliphatic heterocycles. The van der Waals surface area contributed by atoms with Gasteiger partial charge in [-0.2, -0.15) is 13.2 Å². The minimum Gasteiger partial charge on any atom is -0.166 e. The second-order valence-electron chi connectivity index (χ2n) is 4.81. The first-order chi connectivity index (χ1) is 9.90. The fourth-order valence-corrected chi connectivity index (χ4v) is 2.84. The Morgan fingerprint density at radius 3 is 2.24 bits per heavy atom. The summed E-state index contributed by atoms with van der Waals surface area (Å²) in [5.41, 5.74) is 1.28. The summed E-state index contributed by atoms with van der Waals surface area (Å²) in [5.74, 6) is 0.484. The Kier molecular flexibility index (Phi) is 5.33. The lowest BCUT2D eigenvalue weighted by atomic mass is 9.93. The molecule has 0 saturated carbocycles. The van der Waals surface area contributed by atoms with Crippen LogP contribution in [0.2, 0.25) is 0 Å². The van der Waals surface area contributed by atoms with Gasteiger partial charge in [0.05, 0.1) is 5.56 Å². The minimum absolute atomic E-state index is 0.0703. The molecule has 112 valence electrons. The molecule has 1 unspecified atom stereocenters. The third kappa shape index (κ3) is 4.48. The lowest BCUT2D eigenvalue weighted by Gasteiger charge is -2.15. The number of benzene rings is 2. The molecule has 0 aliphatic carbocycles. The van der Waals surface area contributed by atoms with Gasteiger partial charge >= 0.3 is 6.18 Å². The molecule has 0 nitrogen and oxygen atoms in total. The van der Waals surface area contributed by atoms with E-state index in [4.69, 9.17) is 11.6 Å². The van der Waals surface area contributed by atoms with Crippen LogP contribution in [0, 0.1) is 0 Å². The molecule has 0 fully saturated rings. The summed E-state index contributed by atoms with van der Waals surface area (Å²) in [4.78, 5) is 0. The monoisotopic (exact) mass is 376 g/mol. The van der Waals surface area contributed by atoms with E-state index in [1.807, 2.05) is 24.3 Å². The summed E-state index contributed by atoms with van der Waals surface area (Å²) in [6, 6.07) is 13.1. The molecular formula is C16H13BrClF3. The van der Waals surface area contributed by atoms with E-state index in [2.05, 4.69) is 15.9 Å². The summed E-state index contributed by atoms with van der Waals surface area (Å²) >= 11 is 9.42. The maximum atomic E-state index is 12.5. The van der Waals surface area contributed by atoms with E-state index in [-0.39, 0.29) is 5.92 Å². The molecule has 0 aliphatic rings. The Labute approximate surface area is 135 Å². The van der Waals surface area contributed by atoms with Crippen molar-refractivity contribution in [2.75, 3.05) is 5.88 Å². The maximum absolute atomic E-state index is 12.5. The van der Waals surface area contributed by atoms with E-state index in [9.17, 15) is 13.2 Å². The molecule has 0 saturated heterocycles. The van der Waals surface area contributed by atoms with E-state index in [1.165, 1.54) is 12.1 Å². The Balaban J connectivity index is 2.15. The van der Waals surface area contributed by atoms with Crippen LogP contribution < -0.4 is 0 Å². The highest BCUT2D eigenvalue weighted by Gasteiger charge is 2.30. The highest BCUT2D eigenvalue weighted by Crippen LogP contribution is 2.30. The molecule has 1 atom stereocenters. The molecule has 0 spiro atoms. The molecule has 2 aromatic rings. The second-order valence-corrected chi connectivity index (χ2v) is 6.03. The number of hydrogen-bond acceptors (Lipinski definition) is 0. The van der Waals surface area contributed by atoms with Crippen molar-refractivity contribution in [3.63, 3.8) is 0 Å². The van der Waals surface area contributed by atoms with Crippen molar-refractivity contribution < 1.29 is 13.2 Å². The van der Waals surface area contributed by atoms with Gasteiger partial charge in [0.25, 0.3) is 0 Å². The van der Waals surface area contributed by atoms with Gasteiger partial charge in [0, 0.05) is 16.3 Å². The first-order valence-corrected chi connectivity index (χ1v) is 7.70. The van der Waals surface area contributed by atoms with Gasteiger partial charge in [0.2, 0.25) is 0 Å². The van der Waals surface area contributed by atoms with Crippen LogP contribution in [0.3, 0.4) is 0 Å². The topological polar surface area (TPSA) is 0 Å². The van der Waals surface area contributed by atoms with Crippen LogP contribution in [0.25, 0.3) is 0 Å². The van der Waals surface area contributed by atoms with Gasteiger partial charge in [0.15, 0.2) is 0 Å². The fraction of sp³-hybridized carbons (Fsp3) is 0.250. The van der Waals surface area contributed by atoms with E-state index < -0.39 is 11.7 Å². The van der Waals surface area contributed by atoms with Gasteiger partial charge in [-0.05, 0) is 41.8 Å². The number of halogens is 5. The third-order valence-corrected chi connectivity index (χ3v) is 4.14. The lowest BCUT2D eigenvalue weighted by Crippen LogP contribution is -2.07. The van der Waals surface area contributed by atoms with Crippen LogP contribution in [0.5, 0.6) is 0 Å². The van der Waals surface area contributed by atoms with Gasteiger partial charge in [-0.25, -0.2) is 0 Å². The molecule has 0 amide bonds. The summed E-state index contributed by atoms with van der Waals surface area (Å²) in [7, 11) is 0. The predicted octanol–water partition coefficient (Wildman–Crippen LogP) is 6.03. The van der Waals surface area contributed by atoms with Crippen molar-refractivity contribution in [3.8, 4) is 0 Å². The van der Waals surface area contributed by atoms with Crippen molar-refractivity contribution in [1.29, 1.82) is 0 Å². The van der Waals surface area contributed by atoms with Gasteiger partial charge in [0.1, 0.15) is 0 Å². The smallest absolute Gasteiger partial charge is 0.166 e. The van der Waals surface area contributed by atoms with Gasteiger partial charge in [-0.1, -0.05) is 40.2 Å². The van der Waals surface area contributed by atoms with Gasteiger partial charge < -0.3 is 0 Å². The molecule has 0 radical (unpaired) electrons. The molecule has 5 heteroatoms. The number of hydrogen-bond donors (Lipinski definition) is 0. The van der Waals surface area contributed by atoms with E-state index >= 15 is 0 Å². The molecule has 21 heavy (non-hydrogen) atoms.